The van der Waals surface area contributed by atoms with Gasteiger partial charge in [-0.3, -0.25) is 4.57 Å². The van der Waals surface area contributed by atoms with Crippen LogP contribution >= 0.6 is 11.6 Å². The highest BCUT2D eigenvalue weighted by Gasteiger charge is 2.37. The van der Waals surface area contributed by atoms with Gasteiger partial charge in [0, 0.05) is 12.6 Å². The summed E-state index contributed by atoms with van der Waals surface area (Å²) in [6.07, 6.45) is 2.40. The Labute approximate surface area is 157 Å². The van der Waals surface area contributed by atoms with Gasteiger partial charge in [0.05, 0.1) is 18.0 Å². The van der Waals surface area contributed by atoms with E-state index in [1.54, 1.807) is 4.57 Å². The topological polar surface area (TPSA) is 138 Å². The molecule has 1 aliphatic heterocycles. The molecule has 0 saturated carbocycles. The van der Waals surface area contributed by atoms with Gasteiger partial charge in [-0.25, -0.2) is 24.7 Å². The number of carbonyl (C=O) groups is 1. The maximum atomic E-state index is 12.0. The van der Waals surface area contributed by atoms with Crippen molar-refractivity contribution in [2.75, 3.05) is 12.3 Å². The summed E-state index contributed by atoms with van der Waals surface area (Å²) in [5.74, 6) is -0.303. The van der Waals surface area contributed by atoms with Gasteiger partial charge in [-0.2, -0.15) is 0 Å². The fraction of sp³-hybridized carbons (Fsp3) is 0.312. The Kier molecular flexibility index (Phi) is 4.60. The summed E-state index contributed by atoms with van der Waals surface area (Å²) < 4.78 is 12.7. The van der Waals surface area contributed by atoms with Gasteiger partial charge in [0.15, 0.2) is 17.7 Å². The van der Waals surface area contributed by atoms with Gasteiger partial charge in [-0.1, -0.05) is 11.6 Å². The predicted octanol–water partition coefficient (Wildman–Crippen LogP) is 0.962. The zero-order valence-corrected chi connectivity index (χ0v) is 14.7. The summed E-state index contributed by atoms with van der Waals surface area (Å²) in [6.45, 7) is -0.0151. The molecule has 3 N–H and O–H groups in total. The van der Waals surface area contributed by atoms with Crippen LogP contribution in [0.2, 0.25) is 5.15 Å². The lowest BCUT2D eigenvalue weighted by molar-refractivity contribution is -0.0531. The lowest BCUT2D eigenvalue weighted by Crippen LogP contribution is -2.20. The largest absolute Gasteiger partial charge is 0.459 e. The number of nitrogens with two attached hydrogens (primary N) is 1. The van der Waals surface area contributed by atoms with Crippen LogP contribution in [0, 0.1) is 0 Å². The van der Waals surface area contributed by atoms with E-state index < -0.39 is 24.4 Å². The Morgan fingerprint density at radius 2 is 2.22 bits per heavy atom. The summed E-state index contributed by atoms with van der Waals surface area (Å²) in [4.78, 5) is 28.1. The van der Waals surface area contributed by atoms with Gasteiger partial charge >= 0.3 is 5.97 Å². The number of carbonyl (C=O) groups excluding carboxylic acids is 1. The molecular weight excluding hydrogens is 376 g/mol. The van der Waals surface area contributed by atoms with Crippen molar-refractivity contribution in [1.29, 1.82) is 0 Å². The SMILES string of the molecule is Nc1ncnc2c1ncn2[C@@H]1O[C@H](COC(=O)c2ccc(Cl)nc2)C[C@H]1O. The number of rotatable bonds is 4. The van der Waals surface area contributed by atoms with E-state index in [0.29, 0.717) is 11.2 Å². The molecule has 0 amide bonds. The smallest absolute Gasteiger partial charge is 0.339 e. The highest BCUT2D eigenvalue weighted by atomic mass is 35.5. The molecule has 10 nitrogen and oxygen atoms in total. The number of anilines is 1. The van der Waals surface area contributed by atoms with Gasteiger partial charge in [0.1, 0.15) is 29.7 Å². The van der Waals surface area contributed by atoms with E-state index >= 15 is 0 Å². The standard InChI is InChI=1S/C16H15ClN6O4/c17-11-2-1-8(4-19-11)16(25)26-5-9-3-10(24)15(27-9)23-7-22-12-13(18)20-6-21-14(12)23/h1-2,4,6-7,9-10,15,24H,3,5H2,(H2,18,20,21)/t9-,10+,15+/m0/s1. The zero-order valence-electron chi connectivity index (χ0n) is 13.9. The predicted molar refractivity (Wildman–Crippen MR) is 93.8 cm³/mol. The van der Waals surface area contributed by atoms with E-state index in [4.69, 9.17) is 26.8 Å². The minimum absolute atomic E-state index is 0.0151. The van der Waals surface area contributed by atoms with Gasteiger partial charge in [0.2, 0.25) is 0 Å². The van der Waals surface area contributed by atoms with Gasteiger partial charge in [-0.15, -0.1) is 0 Å². The molecule has 27 heavy (non-hydrogen) atoms. The highest BCUT2D eigenvalue weighted by Crippen LogP contribution is 2.31. The quantitative estimate of drug-likeness (QED) is 0.492. The van der Waals surface area contributed by atoms with Crippen molar-refractivity contribution in [3.05, 3.63) is 41.7 Å². The molecule has 0 unspecified atom stereocenters. The molecule has 4 heterocycles. The van der Waals surface area contributed by atoms with E-state index in [0.717, 1.165) is 0 Å². The number of fused-ring (bicyclic) bond motifs is 1. The molecule has 1 fully saturated rings. The molecule has 0 spiro atoms. The first kappa shape index (κ1) is 17.6. The molecule has 140 valence electrons. The molecule has 3 aromatic rings. The molecule has 0 bridgehead atoms. The average Bonchev–Trinajstić information content (AvgIpc) is 3.24. The van der Waals surface area contributed by atoms with E-state index in [1.807, 2.05) is 0 Å². The third-order valence-electron chi connectivity index (χ3n) is 4.19. The number of hydrogen-bond acceptors (Lipinski definition) is 9. The number of nitrogen functional groups attached to an aromatic ring is 1. The Morgan fingerprint density at radius 3 is 3.00 bits per heavy atom. The minimum atomic E-state index is -0.820. The number of halogens is 1. The van der Waals surface area contributed by atoms with Gasteiger partial charge < -0.3 is 20.3 Å². The van der Waals surface area contributed by atoms with Crippen LogP contribution in [0.1, 0.15) is 23.0 Å². The average molecular weight is 391 g/mol. The monoisotopic (exact) mass is 390 g/mol. The van der Waals surface area contributed by atoms with E-state index in [1.165, 1.54) is 31.0 Å². The third kappa shape index (κ3) is 3.42. The summed E-state index contributed by atoms with van der Waals surface area (Å²) in [7, 11) is 0. The van der Waals surface area contributed by atoms with Crippen LogP contribution in [-0.2, 0) is 9.47 Å². The van der Waals surface area contributed by atoms with Gasteiger partial charge in [-0.05, 0) is 12.1 Å². The Balaban J connectivity index is 1.43. The fourth-order valence-corrected chi connectivity index (χ4v) is 3.00. The van der Waals surface area contributed by atoms with Crippen LogP contribution in [0.5, 0.6) is 0 Å². The van der Waals surface area contributed by atoms with Crippen molar-refractivity contribution in [1.82, 2.24) is 24.5 Å². The molecule has 0 aliphatic carbocycles. The third-order valence-corrected chi connectivity index (χ3v) is 4.41. The van der Waals surface area contributed by atoms with Crippen LogP contribution in [0.3, 0.4) is 0 Å². The molecule has 4 rings (SSSR count). The van der Waals surface area contributed by atoms with Gasteiger partial charge in [0.25, 0.3) is 0 Å². The van der Waals surface area contributed by atoms with Crippen molar-refractivity contribution in [3.63, 3.8) is 0 Å². The molecule has 3 aromatic heterocycles. The number of nitrogens with zero attached hydrogens (tertiary/aromatic N) is 5. The normalized spacial score (nSPS) is 22.2. The van der Waals surface area contributed by atoms with Crippen LogP contribution in [0.4, 0.5) is 5.82 Å². The number of imidazole rings is 1. The summed E-state index contributed by atoms with van der Waals surface area (Å²) in [5, 5.41) is 10.6. The summed E-state index contributed by atoms with van der Waals surface area (Å²) in [6, 6.07) is 3.02. The Morgan fingerprint density at radius 1 is 1.37 bits per heavy atom. The van der Waals surface area contributed by atoms with Crippen molar-refractivity contribution in [3.8, 4) is 0 Å². The Hall–Kier alpha value is -2.82. The maximum Gasteiger partial charge on any atom is 0.339 e. The molecular formula is C16H15ClN6O4. The van der Waals surface area contributed by atoms with E-state index in [2.05, 4.69) is 19.9 Å². The number of hydrogen-bond donors (Lipinski definition) is 2. The molecule has 3 atom stereocenters. The van der Waals surface area contributed by atoms with Crippen LogP contribution in [0.15, 0.2) is 31.0 Å². The first-order chi connectivity index (χ1) is 13.0. The molecule has 0 aromatic carbocycles. The molecule has 1 aliphatic rings. The van der Waals surface area contributed by atoms with Crippen molar-refractivity contribution in [2.24, 2.45) is 0 Å². The second-order valence-electron chi connectivity index (χ2n) is 6.00. The van der Waals surface area contributed by atoms with Crippen LogP contribution in [-0.4, -0.2) is 54.4 Å². The second kappa shape index (κ2) is 7.06. The first-order valence-corrected chi connectivity index (χ1v) is 8.46. The molecule has 0 radical (unpaired) electrons. The van der Waals surface area contributed by atoms with E-state index in [9.17, 15) is 9.90 Å². The zero-order chi connectivity index (χ0) is 19.0. The number of pyridine rings is 1. The fourth-order valence-electron chi connectivity index (χ4n) is 2.89. The molecule has 1 saturated heterocycles. The second-order valence-corrected chi connectivity index (χ2v) is 6.39. The van der Waals surface area contributed by atoms with Crippen LogP contribution < -0.4 is 5.73 Å². The minimum Gasteiger partial charge on any atom is -0.459 e. The lowest BCUT2D eigenvalue weighted by atomic mass is 10.2. The van der Waals surface area contributed by atoms with Crippen molar-refractivity contribution in [2.45, 2.75) is 24.9 Å². The van der Waals surface area contributed by atoms with Crippen molar-refractivity contribution >= 4 is 34.6 Å². The van der Waals surface area contributed by atoms with Crippen LogP contribution in [0.25, 0.3) is 11.2 Å². The summed E-state index contributed by atoms with van der Waals surface area (Å²) >= 11 is 5.69. The Bertz CT molecular complexity index is 979. The first-order valence-electron chi connectivity index (χ1n) is 8.08. The number of aromatic nitrogens is 5. The maximum absolute atomic E-state index is 12.0. The number of aliphatic hydroxyl groups is 1. The number of ether oxygens (including phenoxy) is 2. The number of esters is 1. The lowest BCUT2D eigenvalue weighted by Gasteiger charge is -2.16. The van der Waals surface area contributed by atoms with Crippen molar-refractivity contribution < 1.29 is 19.4 Å². The van der Waals surface area contributed by atoms with E-state index in [-0.39, 0.29) is 29.6 Å². The summed E-state index contributed by atoms with van der Waals surface area (Å²) in [5.41, 5.74) is 6.94. The molecule has 11 heteroatoms. The number of aliphatic hydroxyl groups excluding tert-OH is 1. The highest BCUT2D eigenvalue weighted by molar-refractivity contribution is 6.29.